The van der Waals surface area contributed by atoms with Crippen LogP contribution in [0.1, 0.15) is 84.6 Å². The minimum absolute atomic E-state index is 0.111. The molecule has 0 spiro atoms. The molecular formula is C35H45N5O5. The molecule has 6 rings (SSSR count). The molecule has 45 heavy (non-hydrogen) atoms. The number of unbranched alkanes of at least 4 members (excludes halogenated alkanes) is 1. The highest BCUT2D eigenvalue weighted by Gasteiger charge is 2.44. The number of piperazine rings is 1. The lowest BCUT2D eigenvalue weighted by Gasteiger charge is -2.40. The van der Waals surface area contributed by atoms with E-state index in [1.165, 1.54) is 24.8 Å². The molecule has 0 saturated carbocycles. The van der Waals surface area contributed by atoms with Crippen molar-refractivity contribution in [3.63, 3.8) is 0 Å². The summed E-state index contributed by atoms with van der Waals surface area (Å²) in [6.07, 6.45) is 5.39. The van der Waals surface area contributed by atoms with E-state index in [0.717, 1.165) is 75.1 Å². The molecule has 4 aliphatic heterocycles. The quantitative estimate of drug-likeness (QED) is 0.361. The number of anilines is 1. The molecular weight excluding hydrogens is 570 g/mol. The Morgan fingerprint density at radius 3 is 2.29 bits per heavy atom. The van der Waals surface area contributed by atoms with Gasteiger partial charge in [0.25, 0.3) is 11.8 Å². The van der Waals surface area contributed by atoms with Crippen molar-refractivity contribution < 1.29 is 23.9 Å². The van der Waals surface area contributed by atoms with E-state index in [9.17, 15) is 19.2 Å². The molecule has 0 aliphatic carbocycles. The fourth-order valence-electron chi connectivity index (χ4n) is 6.93. The number of likely N-dealkylation sites (tertiary alicyclic amines) is 1. The van der Waals surface area contributed by atoms with Crippen LogP contribution >= 0.6 is 0 Å². The summed E-state index contributed by atoms with van der Waals surface area (Å²) in [5, 5.41) is 2.24. The summed E-state index contributed by atoms with van der Waals surface area (Å²) >= 11 is 0. The molecule has 2 atom stereocenters. The molecule has 0 radical (unpaired) electrons. The van der Waals surface area contributed by atoms with Crippen molar-refractivity contribution in [2.24, 2.45) is 0 Å². The second-order valence-corrected chi connectivity index (χ2v) is 13.0. The summed E-state index contributed by atoms with van der Waals surface area (Å²) in [5.74, 6) is -0.338. The molecule has 3 fully saturated rings. The summed E-state index contributed by atoms with van der Waals surface area (Å²) in [6.45, 7) is 12.2. The number of carbonyl (C=O) groups is 4. The summed E-state index contributed by atoms with van der Waals surface area (Å²) < 4.78 is 6.20. The van der Waals surface area contributed by atoms with E-state index in [1.54, 1.807) is 12.1 Å². The highest BCUT2D eigenvalue weighted by molar-refractivity contribution is 6.23. The Labute approximate surface area is 265 Å². The number of fused-ring (bicyclic) bond motifs is 1. The van der Waals surface area contributed by atoms with Gasteiger partial charge in [-0.25, -0.2) is 0 Å². The molecule has 2 unspecified atom stereocenters. The number of amides is 4. The van der Waals surface area contributed by atoms with Gasteiger partial charge in [0.05, 0.1) is 11.1 Å². The summed E-state index contributed by atoms with van der Waals surface area (Å²) in [5.41, 5.74) is 2.95. The third-order valence-electron chi connectivity index (χ3n) is 9.78. The van der Waals surface area contributed by atoms with Gasteiger partial charge >= 0.3 is 0 Å². The zero-order valence-electron chi connectivity index (χ0n) is 26.5. The molecule has 240 valence electrons. The van der Waals surface area contributed by atoms with Crippen LogP contribution in [-0.4, -0.2) is 103 Å². The minimum Gasteiger partial charge on any atom is -0.488 e. The molecule has 4 aliphatic rings. The smallest absolute Gasteiger partial charge is 0.262 e. The maximum atomic E-state index is 13.2. The van der Waals surface area contributed by atoms with E-state index >= 15 is 0 Å². The molecule has 2 aromatic rings. The van der Waals surface area contributed by atoms with Gasteiger partial charge in [-0.1, -0.05) is 38.8 Å². The topological polar surface area (TPSA) is 102 Å². The largest absolute Gasteiger partial charge is 0.488 e. The number of benzene rings is 2. The van der Waals surface area contributed by atoms with E-state index in [2.05, 4.69) is 58.1 Å². The first-order chi connectivity index (χ1) is 21.8. The van der Waals surface area contributed by atoms with Crippen LogP contribution in [0.2, 0.25) is 0 Å². The van der Waals surface area contributed by atoms with Gasteiger partial charge in [0.2, 0.25) is 11.8 Å². The van der Waals surface area contributed by atoms with E-state index in [4.69, 9.17) is 4.74 Å². The first-order valence-corrected chi connectivity index (χ1v) is 16.6. The summed E-state index contributed by atoms with van der Waals surface area (Å²) in [4.78, 5) is 58.3. The lowest BCUT2D eigenvalue weighted by Crippen LogP contribution is -2.54. The number of rotatable bonds is 12. The van der Waals surface area contributed by atoms with Crippen LogP contribution in [0, 0.1) is 0 Å². The van der Waals surface area contributed by atoms with Crippen molar-refractivity contribution in [2.75, 3.05) is 57.3 Å². The van der Waals surface area contributed by atoms with Gasteiger partial charge in [0.15, 0.2) is 0 Å². The fourth-order valence-corrected chi connectivity index (χ4v) is 6.93. The Kier molecular flexibility index (Phi) is 9.51. The van der Waals surface area contributed by atoms with E-state index in [-0.39, 0.29) is 24.9 Å². The van der Waals surface area contributed by atoms with Crippen LogP contribution < -0.4 is 15.0 Å². The third kappa shape index (κ3) is 6.92. The maximum absolute atomic E-state index is 13.2. The van der Waals surface area contributed by atoms with Crippen molar-refractivity contribution in [2.45, 2.75) is 70.4 Å². The third-order valence-corrected chi connectivity index (χ3v) is 9.78. The molecule has 2 aromatic carbocycles. The van der Waals surface area contributed by atoms with E-state index in [0.29, 0.717) is 17.0 Å². The lowest BCUT2D eigenvalue weighted by molar-refractivity contribution is -0.136. The van der Waals surface area contributed by atoms with Gasteiger partial charge in [-0.15, -0.1) is 0 Å². The zero-order valence-corrected chi connectivity index (χ0v) is 26.5. The zero-order chi connectivity index (χ0) is 31.5. The van der Waals surface area contributed by atoms with Crippen molar-refractivity contribution in [3.8, 4) is 5.75 Å². The Bertz CT molecular complexity index is 1410. The first kappa shape index (κ1) is 31.2. The van der Waals surface area contributed by atoms with Crippen molar-refractivity contribution in [1.82, 2.24) is 20.0 Å². The van der Waals surface area contributed by atoms with Crippen molar-refractivity contribution in [3.05, 3.63) is 59.2 Å². The Morgan fingerprint density at radius 2 is 1.58 bits per heavy atom. The van der Waals surface area contributed by atoms with Crippen molar-refractivity contribution in [1.29, 1.82) is 0 Å². The fraction of sp³-hybridized carbons (Fsp3) is 0.543. The van der Waals surface area contributed by atoms with Gasteiger partial charge in [-0.3, -0.25) is 39.2 Å². The highest BCUT2D eigenvalue weighted by Crippen LogP contribution is 2.31. The summed E-state index contributed by atoms with van der Waals surface area (Å²) in [6, 6.07) is 13.1. The first-order valence-electron chi connectivity index (χ1n) is 16.6. The van der Waals surface area contributed by atoms with Crippen LogP contribution in [0.15, 0.2) is 42.5 Å². The van der Waals surface area contributed by atoms with E-state index in [1.807, 2.05) is 6.07 Å². The molecule has 3 saturated heterocycles. The number of carbonyl (C=O) groups excluding carboxylic acids is 4. The second-order valence-electron chi connectivity index (χ2n) is 13.0. The van der Waals surface area contributed by atoms with Gasteiger partial charge in [0, 0.05) is 51.4 Å². The number of hydrogen-bond donors (Lipinski definition) is 1. The monoisotopic (exact) mass is 615 g/mol. The SMILES string of the molecule is CCCCC(C)c1ccc(OC2CN(CCCN3CCN(c4ccc5c(c4)C(=O)N(C4CCC(=O)NC4=O)C5=O)CC3)C2)cc1. The minimum atomic E-state index is -0.946. The van der Waals surface area contributed by atoms with Gasteiger partial charge in [-0.2, -0.15) is 0 Å². The molecule has 10 heteroatoms. The number of ether oxygens (including phenoxy) is 1. The maximum Gasteiger partial charge on any atom is 0.262 e. The Morgan fingerprint density at radius 1 is 0.867 bits per heavy atom. The van der Waals surface area contributed by atoms with Crippen LogP contribution in [0.25, 0.3) is 0 Å². The van der Waals surface area contributed by atoms with Crippen molar-refractivity contribution >= 4 is 29.3 Å². The number of nitrogens with zero attached hydrogens (tertiary/aromatic N) is 4. The van der Waals surface area contributed by atoms with Crippen LogP contribution in [0.4, 0.5) is 5.69 Å². The standard InChI is InChI=1S/C35H45N5O5/c1-3-4-6-24(2)25-7-10-27(11-8-25)45-28-22-38(23-28)16-5-15-37-17-19-39(20-18-37)26-9-12-29-30(21-26)35(44)40(34(29)43)31-13-14-32(41)36-33(31)42/h7-12,21,24,28,31H,3-6,13-20,22-23H2,1-2H3,(H,36,41,42). The molecule has 10 nitrogen and oxygen atoms in total. The highest BCUT2D eigenvalue weighted by atomic mass is 16.5. The normalized spacial score (nSPS) is 22.0. The Hall–Kier alpha value is -3.76. The Balaban J connectivity index is 0.904. The molecule has 4 amide bonds. The predicted molar refractivity (Wildman–Crippen MR) is 172 cm³/mol. The van der Waals surface area contributed by atoms with E-state index < -0.39 is 23.8 Å². The molecule has 0 aromatic heterocycles. The number of nitrogens with one attached hydrogen (secondary N) is 1. The van der Waals surface area contributed by atoms with Crippen LogP contribution in [0.5, 0.6) is 5.75 Å². The molecule has 1 N–H and O–H groups in total. The number of piperidine rings is 1. The predicted octanol–water partition coefficient (Wildman–Crippen LogP) is 3.66. The van der Waals surface area contributed by atoms with Gasteiger partial charge in [-0.05, 0) is 74.2 Å². The second kappa shape index (κ2) is 13.7. The lowest BCUT2D eigenvalue weighted by atomic mass is 9.95. The molecule has 0 bridgehead atoms. The van der Waals surface area contributed by atoms with Crippen LogP contribution in [0.3, 0.4) is 0 Å². The van der Waals surface area contributed by atoms with Gasteiger partial charge < -0.3 is 9.64 Å². The average molecular weight is 616 g/mol. The summed E-state index contributed by atoms with van der Waals surface area (Å²) in [7, 11) is 0. The van der Waals surface area contributed by atoms with Gasteiger partial charge in [0.1, 0.15) is 17.9 Å². The van der Waals surface area contributed by atoms with Crippen LogP contribution in [-0.2, 0) is 9.59 Å². The number of hydrogen-bond acceptors (Lipinski definition) is 8. The molecule has 4 heterocycles. The average Bonchev–Trinajstić information content (AvgIpc) is 3.27. The number of imide groups is 2.